The van der Waals surface area contributed by atoms with Gasteiger partial charge in [0.05, 0.1) is 5.69 Å². The number of rotatable bonds is 7. The molecule has 25 heavy (non-hydrogen) atoms. The number of ether oxygens (including phenoxy) is 1. The molecule has 3 N–H and O–H groups in total. The first kappa shape index (κ1) is 20.1. The van der Waals surface area contributed by atoms with Crippen molar-refractivity contribution < 1.29 is 15.1 Å². The molecule has 2 aromatic heterocycles. The van der Waals surface area contributed by atoms with Crippen molar-refractivity contribution >= 4 is 11.7 Å². The molecule has 134 valence electrons. The van der Waals surface area contributed by atoms with Gasteiger partial charge < -0.3 is 14.5 Å². The molecule has 0 fully saturated rings. The van der Waals surface area contributed by atoms with Crippen LogP contribution in [0.1, 0.15) is 44.9 Å². The van der Waals surface area contributed by atoms with Gasteiger partial charge >= 0.3 is 6.09 Å². The number of imidazole rings is 1. The van der Waals surface area contributed by atoms with Gasteiger partial charge in [0.2, 0.25) is 0 Å². The Bertz CT molecular complexity index is 733. The molecule has 2 rings (SSSR count). The number of hydrogen-bond donors (Lipinski definition) is 2. The predicted octanol–water partition coefficient (Wildman–Crippen LogP) is 1.99. The number of nitriles is 1. The van der Waals surface area contributed by atoms with E-state index in [0.717, 1.165) is 29.7 Å². The van der Waals surface area contributed by atoms with Crippen LogP contribution in [-0.2, 0) is 17.8 Å². The van der Waals surface area contributed by atoms with Crippen molar-refractivity contribution in [1.82, 2.24) is 14.7 Å². The zero-order chi connectivity index (χ0) is 18.9. The molecule has 0 saturated heterocycles. The molecular weight excluding hydrogens is 320 g/mol. The Balaban J connectivity index is 0.00000151. The average Bonchev–Trinajstić information content (AvgIpc) is 3.03. The lowest BCUT2D eigenvalue weighted by Crippen LogP contribution is -2.35. The number of fused-ring (bicyclic) bond motifs is 1. The fourth-order valence-electron chi connectivity index (χ4n) is 2.19. The Morgan fingerprint density at radius 3 is 2.68 bits per heavy atom. The minimum atomic E-state index is -0.418. The molecule has 1 amide bonds. The van der Waals surface area contributed by atoms with E-state index >= 15 is 0 Å². The fourth-order valence-corrected chi connectivity index (χ4v) is 2.19. The van der Waals surface area contributed by atoms with Gasteiger partial charge in [0.1, 0.15) is 17.8 Å². The average molecular weight is 345 g/mol. The molecule has 8 nitrogen and oxygen atoms in total. The number of nitrogens with one attached hydrogen (secondary N) is 1. The third-order valence-corrected chi connectivity index (χ3v) is 4.09. The molecule has 0 aliphatic rings. The Labute approximate surface area is 147 Å². The number of nitrogens with zero attached hydrogens (tertiary/aromatic N) is 4. The van der Waals surface area contributed by atoms with Crippen LogP contribution in [-0.4, -0.2) is 21.1 Å². The van der Waals surface area contributed by atoms with Crippen LogP contribution >= 0.6 is 0 Å². The topological polar surface area (TPSA) is 117 Å². The SMILES string of the molecule is C#N.CCC(C)(CC)OC(=O)NCc1ccc2nc(CN=[NH2+])cn2c1. The van der Waals surface area contributed by atoms with E-state index in [0.29, 0.717) is 13.1 Å². The van der Waals surface area contributed by atoms with Crippen molar-refractivity contribution in [2.45, 2.75) is 52.3 Å². The maximum absolute atomic E-state index is 11.9. The summed E-state index contributed by atoms with van der Waals surface area (Å²) in [7, 11) is 0. The van der Waals surface area contributed by atoms with Gasteiger partial charge in [-0.3, -0.25) is 0 Å². The van der Waals surface area contributed by atoms with Crippen molar-refractivity contribution in [3.8, 4) is 6.57 Å². The van der Waals surface area contributed by atoms with Gasteiger partial charge in [-0.25, -0.2) is 15.0 Å². The molecule has 0 radical (unpaired) electrons. The zero-order valence-electron chi connectivity index (χ0n) is 14.9. The lowest BCUT2D eigenvalue weighted by atomic mass is 10.0. The molecule has 8 heteroatoms. The Hall–Kier alpha value is -2.95. The van der Waals surface area contributed by atoms with Crippen molar-refractivity contribution in [2.24, 2.45) is 5.11 Å². The molecule has 0 spiro atoms. The standard InChI is InChI=1S/C16H23N5O2.CHN/c1-4-16(3,5-2)23-15(22)18-8-12-6-7-14-20-13(9-19-17)11-21(14)10-12;1-2/h6-7,10-11,17H,4-5,8-9H2,1-3H3,(H,18,22);1H/p+1. The van der Waals surface area contributed by atoms with Crippen molar-refractivity contribution in [1.29, 1.82) is 5.26 Å². The van der Waals surface area contributed by atoms with Gasteiger partial charge in [0.25, 0.3) is 0 Å². The molecule has 2 heterocycles. The summed E-state index contributed by atoms with van der Waals surface area (Å²) in [5.74, 6) is 0. The molecule has 0 aliphatic carbocycles. The smallest absolute Gasteiger partial charge is 0.407 e. The maximum atomic E-state index is 11.9. The highest BCUT2D eigenvalue weighted by molar-refractivity contribution is 5.67. The number of aromatic nitrogens is 2. The first-order chi connectivity index (χ1) is 12.0. The highest BCUT2D eigenvalue weighted by atomic mass is 16.6. The van der Waals surface area contributed by atoms with Gasteiger partial charge in [0.15, 0.2) is 0 Å². The van der Waals surface area contributed by atoms with Crippen molar-refractivity contribution in [3.05, 3.63) is 35.8 Å². The quantitative estimate of drug-likeness (QED) is 0.746. The Kier molecular flexibility index (Phi) is 7.53. The van der Waals surface area contributed by atoms with Crippen LogP contribution in [0, 0.1) is 11.8 Å². The number of carbonyl (C=O) groups is 1. The lowest BCUT2D eigenvalue weighted by molar-refractivity contribution is -0.223. The second kappa shape index (κ2) is 9.37. The van der Waals surface area contributed by atoms with Crippen LogP contribution in [0.4, 0.5) is 4.79 Å². The molecule has 0 aliphatic heterocycles. The summed E-state index contributed by atoms with van der Waals surface area (Å²) >= 11 is 0. The summed E-state index contributed by atoms with van der Waals surface area (Å²) in [6, 6.07) is 3.81. The van der Waals surface area contributed by atoms with E-state index in [9.17, 15) is 4.79 Å². The monoisotopic (exact) mass is 345 g/mol. The molecule has 0 saturated carbocycles. The highest BCUT2D eigenvalue weighted by Gasteiger charge is 2.24. The first-order valence-electron chi connectivity index (χ1n) is 8.05. The van der Waals surface area contributed by atoms with E-state index in [1.165, 1.54) is 0 Å². The summed E-state index contributed by atoms with van der Waals surface area (Å²) < 4.78 is 7.38. The number of alkyl carbamates (subject to hydrolysis) is 1. The number of pyridine rings is 1. The lowest BCUT2D eigenvalue weighted by Gasteiger charge is -2.26. The van der Waals surface area contributed by atoms with Crippen molar-refractivity contribution in [2.75, 3.05) is 0 Å². The van der Waals surface area contributed by atoms with Crippen LogP contribution in [0.25, 0.3) is 5.65 Å². The number of amides is 1. The maximum Gasteiger partial charge on any atom is 0.407 e. The van der Waals surface area contributed by atoms with E-state index < -0.39 is 11.7 Å². The molecule has 0 bridgehead atoms. The minimum absolute atomic E-state index is 0.383. The second-order valence-electron chi connectivity index (χ2n) is 5.78. The molecular formula is C17H25N6O2+. The van der Waals surface area contributed by atoms with E-state index in [1.807, 2.05) is 49.7 Å². The van der Waals surface area contributed by atoms with Gasteiger partial charge in [-0.15, -0.1) is 0 Å². The van der Waals surface area contributed by atoms with E-state index in [-0.39, 0.29) is 0 Å². The van der Waals surface area contributed by atoms with Crippen molar-refractivity contribution in [3.63, 3.8) is 0 Å². The summed E-state index contributed by atoms with van der Waals surface area (Å²) in [6.45, 7) is 10.2. The predicted molar refractivity (Wildman–Crippen MR) is 92.2 cm³/mol. The Morgan fingerprint density at radius 2 is 2.08 bits per heavy atom. The largest absolute Gasteiger partial charge is 0.443 e. The normalized spacial score (nSPS) is 10.6. The van der Waals surface area contributed by atoms with Gasteiger partial charge in [-0.1, -0.05) is 19.9 Å². The first-order valence-corrected chi connectivity index (χ1v) is 8.05. The van der Waals surface area contributed by atoms with Crippen LogP contribution < -0.4 is 10.8 Å². The third-order valence-electron chi connectivity index (χ3n) is 4.09. The number of carbonyl (C=O) groups excluding carboxylic acids is 1. The number of nitrogens with two attached hydrogens (primary N) is 1. The van der Waals surface area contributed by atoms with E-state index in [1.54, 1.807) is 0 Å². The molecule has 2 aromatic rings. The summed E-state index contributed by atoms with van der Waals surface area (Å²) in [5.41, 5.74) is 7.34. The highest BCUT2D eigenvalue weighted by Crippen LogP contribution is 2.19. The Morgan fingerprint density at radius 1 is 1.40 bits per heavy atom. The molecule has 0 aromatic carbocycles. The fraction of sp³-hybridized carbons (Fsp3) is 0.471. The molecule has 0 unspecified atom stereocenters. The summed E-state index contributed by atoms with van der Waals surface area (Å²) in [5, 5.41) is 12.9. The van der Waals surface area contributed by atoms with Gasteiger partial charge in [-0.05, 0) is 36.5 Å². The van der Waals surface area contributed by atoms with Crippen LogP contribution in [0.5, 0.6) is 0 Å². The zero-order valence-corrected chi connectivity index (χ0v) is 14.9. The minimum Gasteiger partial charge on any atom is -0.443 e. The summed E-state index contributed by atoms with van der Waals surface area (Å²) in [6.07, 6.45) is 4.96. The third kappa shape index (κ3) is 5.57. The second-order valence-corrected chi connectivity index (χ2v) is 5.78. The van der Waals surface area contributed by atoms with Crippen LogP contribution in [0.3, 0.4) is 0 Å². The van der Waals surface area contributed by atoms with Gasteiger partial charge in [0, 0.05) is 25.5 Å². The molecule has 0 atom stereocenters. The van der Waals surface area contributed by atoms with Gasteiger partial charge in [-0.2, -0.15) is 5.53 Å². The van der Waals surface area contributed by atoms with Crippen LogP contribution in [0.2, 0.25) is 0 Å². The number of hydrogen-bond acceptors (Lipinski definition) is 5. The summed E-state index contributed by atoms with van der Waals surface area (Å²) in [4.78, 5) is 16.3. The van der Waals surface area contributed by atoms with E-state index in [4.69, 9.17) is 15.5 Å². The van der Waals surface area contributed by atoms with Crippen LogP contribution in [0.15, 0.2) is 29.6 Å². The van der Waals surface area contributed by atoms with E-state index in [2.05, 4.69) is 22.0 Å².